The van der Waals surface area contributed by atoms with E-state index in [1.54, 1.807) is 0 Å². The molecule has 3 heteroatoms. The smallest absolute Gasteiger partial charge is 0.320 e. The fourth-order valence-corrected chi connectivity index (χ4v) is 1.97. The molecule has 0 amide bonds. The van der Waals surface area contributed by atoms with Crippen LogP contribution in [0.5, 0.6) is 0 Å². The number of hydrogen-bond acceptors (Lipinski definition) is 2. The summed E-state index contributed by atoms with van der Waals surface area (Å²) in [7, 11) is 0. The molecule has 3 nitrogen and oxygen atoms in total. The average Bonchev–Trinajstić information content (AvgIpc) is 2.09. The summed E-state index contributed by atoms with van der Waals surface area (Å²) in [6.07, 6.45) is 1.84. The zero-order valence-corrected chi connectivity index (χ0v) is 11.3. The molecule has 0 rings (SSSR count). The third kappa shape index (κ3) is 7.69. The predicted molar refractivity (Wildman–Crippen MR) is 67.5 cm³/mol. The van der Waals surface area contributed by atoms with E-state index < -0.39 is 12.0 Å². The van der Waals surface area contributed by atoms with Gasteiger partial charge in [-0.3, -0.25) is 4.79 Å². The molecule has 0 aromatic rings. The van der Waals surface area contributed by atoms with Crippen molar-refractivity contribution in [3.05, 3.63) is 0 Å². The van der Waals surface area contributed by atoms with Gasteiger partial charge in [-0.15, -0.1) is 0 Å². The summed E-state index contributed by atoms with van der Waals surface area (Å²) in [5.74, 6) is 0.888. The Morgan fingerprint density at radius 3 is 1.94 bits per heavy atom. The highest BCUT2D eigenvalue weighted by Crippen LogP contribution is 2.11. The molecule has 16 heavy (non-hydrogen) atoms. The van der Waals surface area contributed by atoms with Gasteiger partial charge in [0.2, 0.25) is 0 Å². The van der Waals surface area contributed by atoms with Crippen LogP contribution < -0.4 is 5.32 Å². The van der Waals surface area contributed by atoms with Crippen molar-refractivity contribution >= 4 is 5.97 Å². The summed E-state index contributed by atoms with van der Waals surface area (Å²) in [5, 5.41) is 12.2. The van der Waals surface area contributed by atoms with Crippen LogP contribution in [0.1, 0.15) is 47.5 Å². The minimum atomic E-state index is -0.731. The molecule has 0 saturated heterocycles. The SMILES string of the molecule is CC(C)CC(C)CNC(CC(C)C)C(=O)O. The van der Waals surface area contributed by atoms with E-state index in [9.17, 15) is 4.79 Å². The Kier molecular flexibility index (Phi) is 7.39. The molecule has 0 spiro atoms. The molecule has 2 N–H and O–H groups in total. The van der Waals surface area contributed by atoms with Gasteiger partial charge >= 0.3 is 5.97 Å². The number of aliphatic carboxylic acids is 1. The Labute approximate surface area is 99.6 Å². The quantitative estimate of drug-likeness (QED) is 0.673. The molecule has 0 aliphatic rings. The molecule has 0 radical (unpaired) electrons. The predicted octanol–water partition coefficient (Wildman–Crippen LogP) is 2.76. The van der Waals surface area contributed by atoms with Crippen LogP contribution in [0.4, 0.5) is 0 Å². The topological polar surface area (TPSA) is 49.3 Å². The van der Waals surface area contributed by atoms with Crippen LogP contribution in [0, 0.1) is 17.8 Å². The van der Waals surface area contributed by atoms with Crippen LogP contribution >= 0.6 is 0 Å². The van der Waals surface area contributed by atoms with E-state index in [0.717, 1.165) is 13.0 Å². The van der Waals surface area contributed by atoms with Gasteiger partial charge in [0, 0.05) is 0 Å². The molecule has 0 bridgehead atoms. The van der Waals surface area contributed by atoms with Gasteiger partial charge in [0.25, 0.3) is 0 Å². The summed E-state index contributed by atoms with van der Waals surface area (Å²) < 4.78 is 0. The maximum atomic E-state index is 11.0. The highest BCUT2D eigenvalue weighted by atomic mass is 16.4. The summed E-state index contributed by atoms with van der Waals surface area (Å²) >= 11 is 0. The largest absolute Gasteiger partial charge is 0.480 e. The third-order valence-corrected chi connectivity index (χ3v) is 2.59. The van der Waals surface area contributed by atoms with E-state index in [0.29, 0.717) is 24.2 Å². The minimum absolute atomic E-state index is 0.394. The summed E-state index contributed by atoms with van der Waals surface area (Å²) in [6, 6.07) is -0.394. The fourth-order valence-electron chi connectivity index (χ4n) is 1.97. The molecule has 96 valence electrons. The number of nitrogens with one attached hydrogen (secondary N) is 1. The van der Waals surface area contributed by atoms with Crippen LogP contribution in [-0.2, 0) is 4.79 Å². The van der Waals surface area contributed by atoms with Gasteiger partial charge in [-0.1, -0.05) is 34.6 Å². The van der Waals surface area contributed by atoms with Crippen molar-refractivity contribution < 1.29 is 9.90 Å². The Morgan fingerprint density at radius 1 is 1.06 bits per heavy atom. The molecule has 0 heterocycles. The summed E-state index contributed by atoms with van der Waals surface area (Å²) in [4.78, 5) is 11.0. The lowest BCUT2D eigenvalue weighted by molar-refractivity contribution is -0.140. The van der Waals surface area contributed by atoms with Crippen LogP contribution in [0.3, 0.4) is 0 Å². The first-order valence-electron chi connectivity index (χ1n) is 6.29. The van der Waals surface area contributed by atoms with Gasteiger partial charge in [-0.25, -0.2) is 0 Å². The van der Waals surface area contributed by atoms with Crippen molar-refractivity contribution in [2.24, 2.45) is 17.8 Å². The van der Waals surface area contributed by atoms with Crippen molar-refractivity contribution in [3.8, 4) is 0 Å². The summed E-state index contributed by atoms with van der Waals surface area (Å²) in [6.45, 7) is 11.5. The van der Waals surface area contributed by atoms with Gasteiger partial charge in [0.05, 0.1) is 0 Å². The van der Waals surface area contributed by atoms with Crippen LogP contribution in [0.15, 0.2) is 0 Å². The second kappa shape index (κ2) is 7.66. The molecule has 0 aromatic heterocycles. The highest BCUT2D eigenvalue weighted by molar-refractivity contribution is 5.73. The Morgan fingerprint density at radius 2 is 1.56 bits per heavy atom. The van der Waals surface area contributed by atoms with Crippen LogP contribution in [0.2, 0.25) is 0 Å². The molecule has 0 saturated carbocycles. The monoisotopic (exact) mass is 229 g/mol. The molecule has 2 atom stereocenters. The molecule has 0 aliphatic carbocycles. The van der Waals surface area contributed by atoms with E-state index in [2.05, 4.69) is 39.9 Å². The number of carboxylic acid groups (broad SMARTS) is 1. The van der Waals surface area contributed by atoms with E-state index >= 15 is 0 Å². The highest BCUT2D eigenvalue weighted by Gasteiger charge is 2.18. The maximum Gasteiger partial charge on any atom is 0.320 e. The molecule has 0 fully saturated rings. The lowest BCUT2D eigenvalue weighted by atomic mass is 9.98. The third-order valence-electron chi connectivity index (χ3n) is 2.59. The normalized spacial score (nSPS) is 15.4. The van der Waals surface area contributed by atoms with Crippen molar-refractivity contribution in [2.45, 2.75) is 53.5 Å². The number of carbonyl (C=O) groups is 1. The first-order valence-corrected chi connectivity index (χ1v) is 6.29. The van der Waals surface area contributed by atoms with Crippen molar-refractivity contribution in [1.29, 1.82) is 0 Å². The van der Waals surface area contributed by atoms with Crippen molar-refractivity contribution in [3.63, 3.8) is 0 Å². The Balaban J connectivity index is 3.97. The van der Waals surface area contributed by atoms with Crippen LogP contribution in [-0.4, -0.2) is 23.7 Å². The number of carboxylic acids is 1. The second-order valence-corrected chi connectivity index (χ2v) is 5.66. The first kappa shape index (κ1) is 15.4. The molecule has 0 aromatic carbocycles. The van der Waals surface area contributed by atoms with Gasteiger partial charge in [-0.2, -0.15) is 0 Å². The molecular formula is C13H27NO2. The van der Waals surface area contributed by atoms with E-state index in [-0.39, 0.29) is 0 Å². The zero-order chi connectivity index (χ0) is 12.7. The lowest BCUT2D eigenvalue weighted by Crippen LogP contribution is -2.40. The average molecular weight is 229 g/mol. The van der Waals surface area contributed by atoms with Gasteiger partial charge in [-0.05, 0) is 37.1 Å². The lowest BCUT2D eigenvalue weighted by Gasteiger charge is -2.20. The van der Waals surface area contributed by atoms with Gasteiger partial charge in [0.15, 0.2) is 0 Å². The summed E-state index contributed by atoms with van der Waals surface area (Å²) in [5.41, 5.74) is 0. The first-order chi connectivity index (χ1) is 7.32. The van der Waals surface area contributed by atoms with E-state index in [1.807, 2.05) is 0 Å². The van der Waals surface area contributed by atoms with E-state index in [1.165, 1.54) is 0 Å². The Bertz CT molecular complexity index is 202. The minimum Gasteiger partial charge on any atom is -0.480 e. The number of rotatable bonds is 8. The van der Waals surface area contributed by atoms with Crippen LogP contribution in [0.25, 0.3) is 0 Å². The fraction of sp³-hybridized carbons (Fsp3) is 0.923. The second-order valence-electron chi connectivity index (χ2n) is 5.66. The Hall–Kier alpha value is -0.570. The molecule has 0 aliphatic heterocycles. The van der Waals surface area contributed by atoms with Gasteiger partial charge < -0.3 is 10.4 Å². The standard InChI is InChI=1S/C13H27NO2/c1-9(2)6-11(5)8-14-12(13(15)16)7-10(3)4/h9-12,14H,6-8H2,1-5H3,(H,15,16). The van der Waals surface area contributed by atoms with Crippen molar-refractivity contribution in [1.82, 2.24) is 5.32 Å². The van der Waals surface area contributed by atoms with Crippen molar-refractivity contribution in [2.75, 3.05) is 6.54 Å². The molecule has 2 unspecified atom stereocenters. The zero-order valence-electron chi connectivity index (χ0n) is 11.3. The molecular weight excluding hydrogens is 202 g/mol. The maximum absolute atomic E-state index is 11.0. The number of hydrogen-bond donors (Lipinski definition) is 2. The van der Waals surface area contributed by atoms with E-state index in [4.69, 9.17) is 5.11 Å². The van der Waals surface area contributed by atoms with Gasteiger partial charge in [0.1, 0.15) is 6.04 Å².